The van der Waals surface area contributed by atoms with Crippen LogP contribution in [0, 0.1) is 0 Å². The van der Waals surface area contributed by atoms with Crippen molar-refractivity contribution in [1.29, 1.82) is 0 Å². The van der Waals surface area contributed by atoms with Gasteiger partial charge in [0.15, 0.2) is 5.79 Å². The van der Waals surface area contributed by atoms with Gasteiger partial charge in [-0.15, -0.1) is 0 Å². The second kappa shape index (κ2) is 4.04. The summed E-state index contributed by atoms with van der Waals surface area (Å²) >= 11 is 0. The van der Waals surface area contributed by atoms with Crippen molar-refractivity contribution in [3.8, 4) is 0 Å². The van der Waals surface area contributed by atoms with Crippen LogP contribution in [0.15, 0.2) is 0 Å². The van der Waals surface area contributed by atoms with Crippen LogP contribution in [-0.2, 0) is 9.47 Å². The van der Waals surface area contributed by atoms with Crippen LogP contribution >= 0.6 is 0 Å². The van der Waals surface area contributed by atoms with Crippen LogP contribution in [0.25, 0.3) is 0 Å². The first-order valence-corrected chi connectivity index (χ1v) is 3.07. The molecule has 4 heteroatoms. The molecule has 0 radical (unpaired) electrons. The molecule has 10 heavy (non-hydrogen) atoms. The molecule has 0 unspecified atom stereocenters. The summed E-state index contributed by atoms with van der Waals surface area (Å²) in [6, 6.07) is 0. The van der Waals surface area contributed by atoms with Crippen LogP contribution in [0.5, 0.6) is 0 Å². The van der Waals surface area contributed by atoms with E-state index in [1.165, 1.54) is 0 Å². The predicted molar refractivity (Wildman–Crippen MR) is 33.1 cm³/mol. The van der Waals surface area contributed by atoms with E-state index in [2.05, 4.69) is 0 Å². The minimum absolute atomic E-state index is 0. The SMILES string of the molecule is CC1(C)OC[C@H](CO)O1.[H-].[Na+]. The minimum Gasteiger partial charge on any atom is -1.00 e. The van der Waals surface area contributed by atoms with Gasteiger partial charge in [0.1, 0.15) is 6.10 Å². The smallest absolute Gasteiger partial charge is 1.00 e. The Morgan fingerprint density at radius 3 is 2.50 bits per heavy atom. The first-order valence-electron chi connectivity index (χ1n) is 3.07. The molecular formula is C6H13NaO3. The van der Waals surface area contributed by atoms with Crippen molar-refractivity contribution < 1.29 is 45.6 Å². The summed E-state index contributed by atoms with van der Waals surface area (Å²) in [7, 11) is 0. The second-order valence-corrected chi connectivity index (χ2v) is 2.63. The second-order valence-electron chi connectivity index (χ2n) is 2.63. The Morgan fingerprint density at radius 2 is 2.30 bits per heavy atom. The molecule has 56 valence electrons. The molecule has 0 saturated carbocycles. The third-order valence-electron chi connectivity index (χ3n) is 1.27. The Morgan fingerprint density at radius 1 is 1.70 bits per heavy atom. The molecule has 3 nitrogen and oxygen atoms in total. The maximum atomic E-state index is 8.59. The molecule has 0 amide bonds. The van der Waals surface area contributed by atoms with Crippen LogP contribution in [0.2, 0.25) is 0 Å². The van der Waals surface area contributed by atoms with E-state index in [-0.39, 0.29) is 43.7 Å². The average Bonchev–Trinajstić information content (AvgIpc) is 2.10. The van der Waals surface area contributed by atoms with E-state index in [1.807, 2.05) is 13.8 Å². The third kappa shape index (κ3) is 2.86. The van der Waals surface area contributed by atoms with Crippen molar-refractivity contribution in [3.05, 3.63) is 0 Å². The Balaban J connectivity index is 0. The van der Waals surface area contributed by atoms with E-state index in [0.717, 1.165) is 0 Å². The van der Waals surface area contributed by atoms with Crippen LogP contribution in [0.1, 0.15) is 15.3 Å². The topological polar surface area (TPSA) is 38.7 Å². The molecule has 0 aliphatic carbocycles. The summed E-state index contributed by atoms with van der Waals surface area (Å²) in [4.78, 5) is 0. The molecule has 0 bridgehead atoms. The van der Waals surface area contributed by atoms with Gasteiger partial charge in [0.2, 0.25) is 0 Å². The van der Waals surface area contributed by atoms with Crippen LogP contribution in [0.3, 0.4) is 0 Å². The molecule has 1 aliphatic rings. The van der Waals surface area contributed by atoms with Crippen molar-refractivity contribution in [1.82, 2.24) is 0 Å². The Kier molecular flexibility index (Phi) is 4.40. The molecule has 1 atom stereocenters. The third-order valence-corrected chi connectivity index (χ3v) is 1.27. The molecule has 1 fully saturated rings. The summed E-state index contributed by atoms with van der Waals surface area (Å²) in [5.41, 5.74) is 0. The van der Waals surface area contributed by atoms with E-state index in [0.29, 0.717) is 6.61 Å². The van der Waals surface area contributed by atoms with Crippen LogP contribution in [-0.4, -0.2) is 30.2 Å². The van der Waals surface area contributed by atoms with E-state index in [4.69, 9.17) is 14.6 Å². The Bertz CT molecular complexity index is 110. The fourth-order valence-corrected chi connectivity index (χ4v) is 0.853. The van der Waals surface area contributed by atoms with E-state index >= 15 is 0 Å². The number of hydrogen-bond donors (Lipinski definition) is 1. The van der Waals surface area contributed by atoms with Gasteiger partial charge in [0, 0.05) is 0 Å². The zero-order valence-electron chi connectivity index (χ0n) is 7.76. The van der Waals surface area contributed by atoms with Gasteiger partial charge in [-0.2, -0.15) is 0 Å². The normalized spacial score (nSPS) is 29.7. The Labute approximate surface area is 84.5 Å². The van der Waals surface area contributed by atoms with Crippen molar-refractivity contribution in [2.45, 2.75) is 25.7 Å². The molecule has 1 rings (SSSR count). The van der Waals surface area contributed by atoms with E-state index < -0.39 is 5.79 Å². The first kappa shape index (κ1) is 10.9. The predicted octanol–water partition coefficient (Wildman–Crippen LogP) is -2.75. The largest absolute Gasteiger partial charge is 1.00 e. The van der Waals surface area contributed by atoms with E-state index in [1.54, 1.807) is 0 Å². The summed E-state index contributed by atoms with van der Waals surface area (Å²) in [6.07, 6.45) is -0.125. The zero-order chi connectivity index (χ0) is 6.91. The number of hydrogen-bond acceptors (Lipinski definition) is 3. The number of ether oxygens (including phenoxy) is 2. The summed E-state index contributed by atoms with van der Waals surface area (Å²) in [5, 5.41) is 8.59. The van der Waals surface area contributed by atoms with Gasteiger partial charge in [0.05, 0.1) is 13.2 Å². The van der Waals surface area contributed by atoms with Gasteiger partial charge in [-0.05, 0) is 13.8 Å². The summed E-state index contributed by atoms with van der Waals surface area (Å²) < 4.78 is 10.4. The Hall–Kier alpha value is 0.880. The van der Waals surface area contributed by atoms with Crippen LogP contribution in [0.4, 0.5) is 0 Å². The molecule has 1 aliphatic heterocycles. The van der Waals surface area contributed by atoms with Gasteiger partial charge in [-0.1, -0.05) is 0 Å². The van der Waals surface area contributed by atoms with Crippen molar-refractivity contribution in [3.63, 3.8) is 0 Å². The molecule has 1 saturated heterocycles. The van der Waals surface area contributed by atoms with Gasteiger partial charge in [-0.3, -0.25) is 0 Å². The number of aliphatic hydroxyl groups excluding tert-OH is 1. The maximum Gasteiger partial charge on any atom is 1.00 e. The van der Waals surface area contributed by atoms with Crippen molar-refractivity contribution in [2.24, 2.45) is 0 Å². The summed E-state index contributed by atoms with van der Waals surface area (Å²) in [6.45, 7) is 4.22. The number of aliphatic hydroxyl groups is 1. The minimum atomic E-state index is -0.493. The van der Waals surface area contributed by atoms with Crippen molar-refractivity contribution >= 4 is 0 Å². The quantitative estimate of drug-likeness (QED) is 0.418. The van der Waals surface area contributed by atoms with Gasteiger partial charge in [0.25, 0.3) is 0 Å². The monoisotopic (exact) mass is 156 g/mol. The fourth-order valence-electron chi connectivity index (χ4n) is 0.853. The van der Waals surface area contributed by atoms with Gasteiger partial charge in [-0.25, -0.2) is 0 Å². The van der Waals surface area contributed by atoms with Gasteiger partial charge >= 0.3 is 29.6 Å². The van der Waals surface area contributed by atoms with Crippen molar-refractivity contribution in [2.75, 3.05) is 13.2 Å². The molecule has 0 spiro atoms. The molecule has 1 N–H and O–H groups in total. The fraction of sp³-hybridized carbons (Fsp3) is 1.00. The zero-order valence-corrected chi connectivity index (χ0v) is 8.76. The summed E-state index contributed by atoms with van der Waals surface area (Å²) in [5.74, 6) is -0.493. The average molecular weight is 156 g/mol. The molecule has 0 aromatic carbocycles. The molecule has 0 aromatic rings. The molecule has 1 heterocycles. The van der Waals surface area contributed by atoms with Gasteiger partial charge < -0.3 is 16.0 Å². The first-order chi connectivity index (χ1) is 4.14. The molecule has 0 aromatic heterocycles. The molecular weight excluding hydrogens is 143 g/mol. The van der Waals surface area contributed by atoms with E-state index in [9.17, 15) is 0 Å². The van der Waals surface area contributed by atoms with Crippen LogP contribution < -0.4 is 29.6 Å². The maximum absolute atomic E-state index is 8.59. The number of rotatable bonds is 1. The standard InChI is InChI=1S/C6H12O3.Na.H/c1-6(2)8-4-5(3-7)9-6;;/h5,7H,3-4H2,1-2H3;;/q;+1;-1/t5-;;/m0../s1.